The van der Waals surface area contributed by atoms with E-state index >= 15 is 0 Å². The van der Waals surface area contributed by atoms with Gasteiger partial charge in [0.15, 0.2) is 0 Å². The van der Waals surface area contributed by atoms with Gasteiger partial charge in [-0.2, -0.15) is 0 Å². The van der Waals surface area contributed by atoms with Crippen LogP contribution in [0.1, 0.15) is 80.1 Å². The Balaban J connectivity index is 1.67. The van der Waals surface area contributed by atoms with Crippen LogP contribution >= 0.6 is 0 Å². The highest BCUT2D eigenvalue weighted by Crippen LogP contribution is 2.59. The molecule has 0 aromatic carbocycles. The predicted molar refractivity (Wildman–Crippen MR) is 126 cm³/mol. The van der Waals surface area contributed by atoms with Crippen LogP contribution in [0.15, 0.2) is 12.2 Å². The molecule has 7 nitrogen and oxygen atoms in total. The topological polar surface area (TPSA) is 87.7 Å². The highest BCUT2D eigenvalue weighted by atomic mass is 16.5. The van der Waals surface area contributed by atoms with Crippen LogP contribution in [-0.2, 0) is 19.1 Å². The van der Waals surface area contributed by atoms with Crippen molar-refractivity contribution >= 4 is 17.7 Å². The van der Waals surface area contributed by atoms with Crippen molar-refractivity contribution in [1.29, 1.82) is 0 Å². The van der Waals surface area contributed by atoms with E-state index in [1.165, 1.54) is 6.42 Å². The zero-order valence-electron chi connectivity index (χ0n) is 21.1. The van der Waals surface area contributed by atoms with Crippen molar-refractivity contribution in [1.82, 2.24) is 15.5 Å². The number of ether oxygens (including phenoxy) is 1. The van der Waals surface area contributed by atoms with Crippen LogP contribution in [0.2, 0.25) is 0 Å². The maximum Gasteiger partial charge on any atom is 0.246 e. The van der Waals surface area contributed by atoms with Gasteiger partial charge in [0.2, 0.25) is 17.7 Å². The van der Waals surface area contributed by atoms with E-state index in [4.69, 9.17) is 4.74 Å². The van der Waals surface area contributed by atoms with Crippen LogP contribution in [-0.4, -0.2) is 58.0 Å². The van der Waals surface area contributed by atoms with Crippen molar-refractivity contribution in [2.75, 3.05) is 6.54 Å². The molecule has 0 aromatic heterocycles. The quantitative estimate of drug-likeness (QED) is 0.598. The average Bonchev–Trinajstić information content (AvgIpc) is 3.26. The summed E-state index contributed by atoms with van der Waals surface area (Å²) in [5.74, 6) is -1.40. The van der Waals surface area contributed by atoms with Gasteiger partial charge in [0.25, 0.3) is 0 Å². The first-order chi connectivity index (χ1) is 15.4. The molecule has 0 radical (unpaired) electrons. The molecular weight excluding hydrogens is 418 g/mol. The fourth-order valence-electron chi connectivity index (χ4n) is 6.24. The predicted octanol–water partition coefficient (Wildman–Crippen LogP) is 2.94. The number of rotatable bonds is 6. The minimum absolute atomic E-state index is 0.116. The number of hydrogen-bond acceptors (Lipinski definition) is 4. The zero-order valence-corrected chi connectivity index (χ0v) is 21.1. The molecule has 184 valence electrons. The van der Waals surface area contributed by atoms with Crippen LogP contribution in [0.25, 0.3) is 0 Å². The standard InChI is InChI=1S/C26H41N3O4/c1-16(2)12-15-29-20(22(31)28-24(3,4)5)26-14-13-25(6,33-26)18(19(26)23(29)32)21(30)27-17-10-8-7-9-11-17/h13-14,16-20H,7-12,15H2,1-6H3,(H,27,30)(H,28,31)/t18-,19-,20-,25+,26-/m0/s1. The molecule has 3 aliphatic heterocycles. The molecule has 2 N–H and O–H groups in total. The molecule has 2 saturated heterocycles. The number of likely N-dealkylation sites (tertiary alicyclic amines) is 1. The second-order valence-electron chi connectivity index (χ2n) is 12.1. The van der Waals surface area contributed by atoms with E-state index in [0.717, 1.165) is 32.1 Å². The normalized spacial score (nSPS) is 35.9. The minimum atomic E-state index is -1.10. The smallest absolute Gasteiger partial charge is 0.246 e. The summed E-state index contributed by atoms with van der Waals surface area (Å²) in [6.07, 6.45) is 9.99. The molecule has 3 amide bonds. The first-order valence-corrected chi connectivity index (χ1v) is 12.7. The molecule has 33 heavy (non-hydrogen) atoms. The van der Waals surface area contributed by atoms with Crippen molar-refractivity contribution in [3.63, 3.8) is 0 Å². The van der Waals surface area contributed by atoms with E-state index in [-0.39, 0.29) is 23.8 Å². The van der Waals surface area contributed by atoms with Crippen LogP contribution in [0.3, 0.4) is 0 Å². The molecule has 1 saturated carbocycles. The van der Waals surface area contributed by atoms with Crippen molar-refractivity contribution < 1.29 is 19.1 Å². The Hall–Kier alpha value is -1.89. The van der Waals surface area contributed by atoms with Gasteiger partial charge in [-0.15, -0.1) is 0 Å². The van der Waals surface area contributed by atoms with Crippen LogP contribution in [0, 0.1) is 17.8 Å². The van der Waals surface area contributed by atoms with Crippen molar-refractivity contribution in [3.05, 3.63) is 12.2 Å². The lowest BCUT2D eigenvalue weighted by atomic mass is 9.70. The van der Waals surface area contributed by atoms with Crippen molar-refractivity contribution in [2.24, 2.45) is 17.8 Å². The van der Waals surface area contributed by atoms with Crippen LogP contribution in [0.4, 0.5) is 0 Å². The molecule has 3 heterocycles. The largest absolute Gasteiger partial charge is 0.356 e. The van der Waals surface area contributed by atoms with Gasteiger partial charge in [-0.25, -0.2) is 0 Å². The molecular formula is C26H41N3O4. The summed E-state index contributed by atoms with van der Waals surface area (Å²) in [5, 5.41) is 6.29. The minimum Gasteiger partial charge on any atom is -0.356 e. The van der Waals surface area contributed by atoms with E-state index < -0.39 is 34.6 Å². The summed E-state index contributed by atoms with van der Waals surface area (Å²) in [5.41, 5.74) is -2.43. The second-order valence-corrected chi connectivity index (χ2v) is 12.1. The Morgan fingerprint density at radius 1 is 1.15 bits per heavy atom. The van der Waals surface area contributed by atoms with Gasteiger partial charge in [0, 0.05) is 18.1 Å². The Bertz CT molecular complexity index is 841. The summed E-state index contributed by atoms with van der Waals surface area (Å²) < 4.78 is 6.55. The summed E-state index contributed by atoms with van der Waals surface area (Å²) >= 11 is 0. The van der Waals surface area contributed by atoms with E-state index in [1.54, 1.807) is 4.90 Å². The number of nitrogens with one attached hydrogen (secondary N) is 2. The molecule has 3 fully saturated rings. The zero-order chi connectivity index (χ0) is 24.2. The summed E-state index contributed by atoms with van der Waals surface area (Å²) in [6, 6.07) is -0.624. The third-order valence-electron chi connectivity index (χ3n) is 7.72. The SMILES string of the molecule is CC(C)CCN1C(=O)[C@@H]2[C@@H](C(=O)NC3CCCCC3)[C@@]3(C)C=C[C@@]2(O3)[C@@H]1C(=O)NC(C)(C)C. The molecule has 4 rings (SSSR count). The Morgan fingerprint density at radius 3 is 2.42 bits per heavy atom. The molecule has 1 spiro atoms. The van der Waals surface area contributed by atoms with Crippen molar-refractivity contribution in [2.45, 2.75) is 109 Å². The van der Waals surface area contributed by atoms with E-state index in [1.807, 2.05) is 39.8 Å². The Kier molecular flexibility index (Phi) is 6.17. The number of fused-ring (bicyclic) bond motifs is 1. The summed E-state index contributed by atoms with van der Waals surface area (Å²) in [4.78, 5) is 42.7. The van der Waals surface area contributed by atoms with Gasteiger partial charge in [-0.05, 0) is 52.9 Å². The number of amides is 3. The molecule has 7 heteroatoms. The third kappa shape index (κ3) is 4.22. The first-order valence-electron chi connectivity index (χ1n) is 12.7. The highest BCUT2D eigenvalue weighted by Gasteiger charge is 2.76. The lowest BCUT2D eigenvalue weighted by Crippen LogP contribution is -2.58. The number of nitrogens with zero attached hydrogens (tertiary/aromatic N) is 1. The molecule has 0 unspecified atom stereocenters. The van der Waals surface area contributed by atoms with E-state index in [0.29, 0.717) is 12.5 Å². The van der Waals surface area contributed by atoms with E-state index in [2.05, 4.69) is 24.5 Å². The summed E-state index contributed by atoms with van der Waals surface area (Å²) in [6.45, 7) is 12.4. The summed E-state index contributed by atoms with van der Waals surface area (Å²) in [7, 11) is 0. The van der Waals surface area contributed by atoms with Crippen LogP contribution < -0.4 is 10.6 Å². The maximum absolute atomic E-state index is 13.9. The van der Waals surface area contributed by atoms with Gasteiger partial charge in [0.05, 0.1) is 17.4 Å². The monoisotopic (exact) mass is 459 g/mol. The Morgan fingerprint density at radius 2 is 1.82 bits per heavy atom. The van der Waals surface area contributed by atoms with Gasteiger partial charge < -0.3 is 20.3 Å². The second kappa shape index (κ2) is 8.40. The third-order valence-corrected chi connectivity index (χ3v) is 7.72. The highest BCUT2D eigenvalue weighted by molar-refractivity contribution is 6.00. The molecule has 5 atom stereocenters. The number of hydrogen-bond donors (Lipinski definition) is 2. The fraction of sp³-hybridized carbons (Fsp3) is 0.808. The number of carbonyl (C=O) groups excluding carboxylic acids is 3. The first kappa shape index (κ1) is 24.2. The van der Waals surface area contributed by atoms with Gasteiger partial charge in [-0.3, -0.25) is 14.4 Å². The van der Waals surface area contributed by atoms with Crippen LogP contribution in [0.5, 0.6) is 0 Å². The molecule has 2 bridgehead atoms. The molecule has 0 aromatic rings. The van der Waals surface area contributed by atoms with Gasteiger partial charge >= 0.3 is 0 Å². The fourth-order valence-corrected chi connectivity index (χ4v) is 6.24. The van der Waals surface area contributed by atoms with Crippen molar-refractivity contribution in [3.8, 4) is 0 Å². The maximum atomic E-state index is 13.9. The molecule has 1 aliphatic carbocycles. The van der Waals surface area contributed by atoms with Gasteiger partial charge in [-0.1, -0.05) is 45.3 Å². The Labute approximate surface area is 198 Å². The van der Waals surface area contributed by atoms with Gasteiger partial charge in [0.1, 0.15) is 11.6 Å². The lowest BCUT2D eigenvalue weighted by molar-refractivity contribution is -0.145. The number of carbonyl (C=O) groups is 3. The molecule has 4 aliphatic rings. The lowest BCUT2D eigenvalue weighted by Gasteiger charge is -2.35. The van der Waals surface area contributed by atoms with E-state index in [9.17, 15) is 14.4 Å². The average molecular weight is 460 g/mol.